The molecule has 0 saturated carbocycles. The van der Waals surface area contributed by atoms with Crippen LogP contribution in [-0.2, 0) is 26.1 Å². The Morgan fingerprint density at radius 1 is 1.48 bits per heavy atom. The van der Waals surface area contributed by atoms with E-state index in [1.54, 1.807) is 19.1 Å². The van der Waals surface area contributed by atoms with Gasteiger partial charge in [0.15, 0.2) is 0 Å². The van der Waals surface area contributed by atoms with Crippen molar-refractivity contribution in [3.63, 3.8) is 0 Å². The van der Waals surface area contributed by atoms with E-state index in [0.717, 1.165) is 5.69 Å². The number of rotatable bonds is 7. The molecule has 2 N–H and O–H groups in total. The van der Waals surface area contributed by atoms with Crippen molar-refractivity contribution in [1.82, 2.24) is 10.3 Å². The Kier molecular flexibility index (Phi) is 6.29. The van der Waals surface area contributed by atoms with E-state index >= 15 is 0 Å². The van der Waals surface area contributed by atoms with Crippen molar-refractivity contribution in [2.75, 3.05) is 12.9 Å². The molecule has 0 aliphatic heterocycles. The Morgan fingerprint density at radius 2 is 2.14 bits per heavy atom. The van der Waals surface area contributed by atoms with Gasteiger partial charge in [0, 0.05) is 35.5 Å². The predicted molar refractivity (Wildman–Crippen MR) is 77.5 cm³/mol. The minimum Gasteiger partial charge on any atom is -0.497 e. The summed E-state index contributed by atoms with van der Waals surface area (Å²) in [7, 11) is 0.0504. The molecule has 0 aliphatic rings. The van der Waals surface area contributed by atoms with E-state index in [-0.39, 0.29) is 11.5 Å². The number of carboxylic acid groups (broad SMARTS) is 1. The molecule has 1 unspecified atom stereocenters. The number of carbonyl (C=O) groups excluding carboxylic acids is 1. The minimum absolute atomic E-state index is 0.0986. The van der Waals surface area contributed by atoms with Gasteiger partial charge in [-0.1, -0.05) is 0 Å². The average molecular weight is 314 g/mol. The van der Waals surface area contributed by atoms with Gasteiger partial charge in [-0.15, -0.1) is 0 Å². The largest absolute Gasteiger partial charge is 0.497 e. The Balaban J connectivity index is 2.74. The van der Waals surface area contributed by atoms with Gasteiger partial charge in [-0.25, -0.2) is 4.79 Å². The van der Waals surface area contributed by atoms with Gasteiger partial charge in [0.25, 0.3) is 0 Å². The Labute approximate surface area is 125 Å². The van der Waals surface area contributed by atoms with Crippen LogP contribution in [0.15, 0.2) is 12.1 Å². The monoisotopic (exact) mass is 314 g/mol. The van der Waals surface area contributed by atoms with Gasteiger partial charge in [0.2, 0.25) is 5.91 Å². The molecule has 0 aromatic carbocycles. The molecule has 0 fully saturated rings. The van der Waals surface area contributed by atoms with E-state index in [4.69, 9.17) is 9.84 Å². The van der Waals surface area contributed by atoms with Crippen LogP contribution in [0.4, 0.5) is 0 Å². The molecule has 0 bridgehead atoms. The molecule has 21 heavy (non-hydrogen) atoms. The van der Waals surface area contributed by atoms with Crippen molar-refractivity contribution in [3.05, 3.63) is 23.5 Å². The van der Waals surface area contributed by atoms with Gasteiger partial charge in [0.05, 0.1) is 24.3 Å². The lowest BCUT2D eigenvalue weighted by molar-refractivity contribution is -0.140. The van der Waals surface area contributed by atoms with Gasteiger partial charge in [-0.05, 0) is 6.92 Å². The Morgan fingerprint density at radius 3 is 2.67 bits per heavy atom. The van der Waals surface area contributed by atoms with Crippen LogP contribution in [0.1, 0.15) is 18.3 Å². The van der Waals surface area contributed by atoms with Gasteiger partial charge in [0.1, 0.15) is 11.8 Å². The molecule has 1 amide bonds. The summed E-state index contributed by atoms with van der Waals surface area (Å²) in [6.07, 6.45) is 0. The molecular formula is C13H18N2O5S. The average Bonchev–Trinajstić information content (AvgIpc) is 2.36. The number of nitrogens with one attached hydrogen (secondary N) is 1. The summed E-state index contributed by atoms with van der Waals surface area (Å²) in [5.41, 5.74) is 1.27. The second kappa shape index (κ2) is 7.72. The molecule has 0 spiro atoms. The summed E-state index contributed by atoms with van der Waals surface area (Å²) in [5.74, 6) is -1.16. The van der Waals surface area contributed by atoms with E-state index in [9.17, 15) is 13.8 Å². The molecule has 2 atom stereocenters. The topological polar surface area (TPSA) is 106 Å². The lowest BCUT2D eigenvalue weighted by atomic mass is 10.3. The Bertz CT molecular complexity index is 561. The third-order valence-corrected chi connectivity index (χ3v) is 3.88. The molecular weight excluding hydrogens is 296 g/mol. The molecule has 116 valence electrons. The zero-order chi connectivity index (χ0) is 16.0. The summed E-state index contributed by atoms with van der Waals surface area (Å²) in [4.78, 5) is 26.1. The van der Waals surface area contributed by atoms with Gasteiger partial charge in [-0.3, -0.25) is 14.0 Å². The van der Waals surface area contributed by atoms with Crippen molar-refractivity contribution in [2.24, 2.45) is 0 Å². The lowest BCUT2D eigenvalue weighted by Crippen LogP contribution is -2.43. The maximum atomic E-state index is 12.0. The first kappa shape index (κ1) is 17.1. The number of amides is 1. The van der Waals surface area contributed by atoms with Crippen LogP contribution in [0.5, 0.6) is 5.75 Å². The molecule has 7 nitrogen and oxygen atoms in total. The van der Waals surface area contributed by atoms with Crippen LogP contribution in [-0.4, -0.2) is 45.1 Å². The highest BCUT2D eigenvalue weighted by molar-refractivity contribution is 7.84. The third-order valence-electron chi connectivity index (χ3n) is 2.55. The van der Waals surface area contributed by atoms with Crippen molar-refractivity contribution in [3.8, 4) is 5.75 Å². The lowest BCUT2D eigenvalue weighted by Gasteiger charge is -2.13. The maximum absolute atomic E-state index is 12.0. The number of hydrogen-bond donors (Lipinski definition) is 2. The molecule has 8 heteroatoms. The predicted octanol–water partition coefficient (Wildman–Crippen LogP) is 0.237. The highest BCUT2D eigenvalue weighted by Gasteiger charge is 2.21. The van der Waals surface area contributed by atoms with Crippen molar-refractivity contribution in [2.45, 2.75) is 25.6 Å². The summed E-state index contributed by atoms with van der Waals surface area (Å²) < 4.78 is 17.1. The first-order valence-electron chi connectivity index (χ1n) is 6.18. The minimum atomic E-state index is -1.47. The smallest absolute Gasteiger partial charge is 0.327 e. The number of aryl methyl sites for hydroxylation is 1. The summed E-state index contributed by atoms with van der Waals surface area (Å²) in [5, 5.41) is 11.2. The molecule has 1 heterocycles. The molecule has 1 aromatic heterocycles. The number of hydrogen-bond acceptors (Lipinski definition) is 5. The van der Waals surface area contributed by atoms with Gasteiger partial charge in [-0.2, -0.15) is 0 Å². The molecule has 0 radical (unpaired) electrons. The fraction of sp³-hybridized carbons (Fsp3) is 0.462. The summed E-state index contributed by atoms with van der Waals surface area (Å²) in [6, 6.07) is 2.22. The third kappa shape index (κ3) is 5.90. The van der Waals surface area contributed by atoms with Crippen LogP contribution in [0.3, 0.4) is 0 Å². The summed E-state index contributed by atoms with van der Waals surface area (Å²) >= 11 is 0. The van der Waals surface area contributed by atoms with E-state index in [2.05, 4.69) is 10.3 Å². The van der Waals surface area contributed by atoms with E-state index in [0.29, 0.717) is 11.4 Å². The highest BCUT2D eigenvalue weighted by atomic mass is 32.2. The van der Waals surface area contributed by atoms with Crippen molar-refractivity contribution >= 4 is 22.7 Å². The fourth-order valence-electron chi connectivity index (χ4n) is 1.72. The van der Waals surface area contributed by atoms with E-state index < -0.39 is 28.7 Å². The zero-order valence-corrected chi connectivity index (χ0v) is 12.9. The fourth-order valence-corrected chi connectivity index (χ4v) is 2.92. The second-order valence-electron chi connectivity index (χ2n) is 4.48. The molecule has 1 rings (SSSR count). The number of methoxy groups -OCH3 is 1. The van der Waals surface area contributed by atoms with Gasteiger partial charge < -0.3 is 15.2 Å². The summed E-state index contributed by atoms with van der Waals surface area (Å²) in [6.45, 7) is 3.00. The SMILES string of the molecule is COc1cc(C)nc(CS(=O)C[C@H](NC(C)=O)C(=O)O)c1. The van der Waals surface area contributed by atoms with Crippen LogP contribution < -0.4 is 10.1 Å². The standard InChI is InChI=1S/C13H18N2O5S/c1-8-4-11(20-3)5-10(14-8)6-21(19)7-12(13(17)18)15-9(2)16/h4-5,12H,6-7H2,1-3H3,(H,15,16)(H,17,18)/t12-,21?/m0/s1. The number of carbonyl (C=O) groups is 2. The quantitative estimate of drug-likeness (QED) is 0.746. The van der Waals surface area contributed by atoms with Gasteiger partial charge >= 0.3 is 5.97 Å². The first-order valence-corrected chi connectivity index (χ1v) is 7.67. The van der Waals surface area contributed by atoms with Crippen molar-refractivity contribution < 1.29 is 23.6 Å². The number of aromatic nitrogens is 1. The van der Waals surface area contributed by atoms with E-state index in [1.165, 1.54) is 14.0 Å². The molecule has 0 saturated heterocycles. The van der Waals surface area contributed by atoms with Crippen LogP contribution >= 0.6 is 0 Å². The van der Waals surface area contributed by atoms with Crippen LogP contribution in [0.2, 0.25) is 0 Å². The Hall–Kier alpha value is -1.96. The maximum Gasteiger partial charge on any atom is 0.327 e. The number of pyridine rings is 1. The van der Waals surface area contributed by atoms with Crippen LogP contribution in [0.25, 0.3) is 0 Å². The normalized spacial score (nSPS) is 13.3. The number of ether oxygens (including phenoxy) is 1. The van der Waals surface area contributed by atoms with E-state index in [1.807, 2.05) is 0 Å². The van der Waals surface area contributed by atoms with Crippen LogP contribution in [0, 0.1) is 6.92 Å². The first-order chi connectivity index (χ1) is 9.81. The highest BCUT2D eigenvalue weighted by Crippen LogP contribution is 2.14. The number of carboxylic acids is 1. The number of nitrogens with zero attached hydrogens (tertiary/aromatic N) is 1. The zero-order valence-electron chi connectivity index (χ0n) is 12.1. The molecule has 0 aliphatic carbocycles. The van der Waals surface area contributed by atoms with Crippen molar-refractivity contribution in [1.29, 1.82) is 0 Å². The second-order valence-corrected chi connectivity index (χ2v) is 5.98. The molecule has 1 aromatic rings. The number of aliphatic carboxylic acids is 1.